The molecule has 37 heavy (non-hydrogen) atoms. The molecule has 4 aromatic rings. The molecule has 1 aliphatic heterocycles. The third-order valence-corrected chi connectivity index (χ3v) is 8.81. The highest BCUT2D eigenvalue weighted by atomic mass is 35.5. The number of halogens is 1. The molecular weight excluding hydrogens is 502 g/mol. The van der Waals surface area contributed by atoms with Crippen LogP contribution >= 0.6 is 22.9 Å². The second-order valence-corrected chi connectivity index (χ2v) is 11.8. The van der Waals surface area contributed by atoms with Crippen LogP contribution in [-0.2, 0) is 17.6 Å². The average Bonchev–Trinajstić information content (AvgIpc) is 3.48. The molecule has 0 saturated carbocycles. The van der Waals surface area contributed by atoms with Gasteiger partial charge in [-0.25, -0.2) is 0 Å². The predicted molar refractivity (Wildman–Crippen MR) is 150 cm³/mol. The number of aromatic nitrogens is 3. The number of hydrogen-bond acceptors (Lipinski definition) is 5. The van der Waals surface area contributed by atoms with Crippen molar-refractivity contribution in [3.8, 4) is 5.00 Å². The molecule has 0 unspecified atom stereocenters. The topological polar surface area (TPSA) is 72.2 Å². The third kappa shape index (κ3) is 4.30. The molecule has 3 heterocycles. The van der Waals surface area contributed by atoms with E-state index in [-0.39, 0.29) is 12.3 Å². The molecule has 0 spiro atoms. The SMILES string of the molecule is Cc1sc2c(c1C)C(c1ccc(Cl)cc1)=N[C@@H](CC(=O)Nc1ccc3c(c1)C[C@H](C)C3)c1nnc(C)n1-2. The Bertz CT molecular complexity index is 1570. The molecule has 0 radical (unpaired) electrons. The number of aliphatic imine (C=N–C) groups is 1. The number of aryl methyl sites for hydroxylation is 2. The Kier molecular flexibility index (Phi) is 6.00. The zero-order chi connectivity index (χ0) is 25.8. The highest BCUT2D eigenvalue weighted by Crippen LogP contribution is 2.39. The zero-order valence-electron chi connectivity index (χ0n) is 21.3. The monoisotopic (exact) mass is 529 g/mol. The maximum Gasteiger partial charge on any atom is 0.227 e. The van der Waals surface area contributed by atoms with Crippen LogP contribution in [0, 0.1) is 26.7 Å². The average molecular weight is 530 g/mol. The van der Waals surface area contributed by atoms with Gasteiger partial charge >= 0.3 is 0 Å². The van der Waals surface area contributed by atoms with E-state index in [0.29, 0.717) is 16.8 Å². The van der Waals surface area contributed by atoms with Crippen LogP contribution in [0.3, 0.4) is 0 Å². The van der Waals surface area contributed by atoms with Crippen LogP contribution in [0.15, 0.2) is 47.5 Å². The minimum absolute atomic E-state index is 0.0967. The number of nitrogens with zero attached hydrogens (tertiary/aromatic N) is 4. The fraction of sp³-hybridized carbons (Fsp3) is 0.310. The number of amides is 1. The lowest BCUT2D eigenvalue weighted by molar-refractivity contribution is -0.116. The Labute approximate surface area is 225 Å². The highest BCUT2D eigenvalue weighted by Gasteiger charge is 2.32. The van der Waals surface area contributed by atoms with Gasteiger partial charge in [0.05, 0.1) is 12.1 Å². The number of benzene rings is 2. The largest absolute Gasteiger partial charge is 0.326 e. The number of fused-ring (bicyclic) bond motifs is 4. The molecule has 0 bridgehead atoms. The molecule has 6 nitrogen and oxygen atoms in total. The van der Waals surface area contributed by atoms with E-state index in [0.717, 1.165) is 46.2 Å². The summed E-state index contributed by atoms with van der Waals surface area (Å²) in [6.07, 6.45) is 2.32. The summed E-state index contributed by atoms with van der Waals surface area (Å²) in [5.41, 5.74) is 7.58. The quantitative estimate of drug-likeness (QED) is 0.325. The van der Waals surface area contributed by atoms with Crippen molar-refractivity contribution in [2.45, 2.75) is 53.0 Å². The highest BCUT2D eigenvalue weighted by molar-refractivity contribution is 7.15. The zero-order valence-corrected chi connectivity index (χ0v) is 22.9. The summed E-state index contributed by atoms with van der Waals surface area (Å²) in [5, 5.41) is 13.7. The van der Waals surface area contributed by atoms with E-state index in [9.17, 15) is 4.79 Å². The van der Waals surface area contributed by atoms with Crippen molar-refractivity contribution in [2.75, 3.05) is 5.32 Å². The van der Waals surface area contributed by atoms with Crippen molar-refractivity contribution in [3.05, 3.63) is 91.8 Å². The molecule has 6 rings (SSSR count). The van der Waals surface area contributed by atoms with Crippen molar-refractivity contribution in [3.63, 3.8) is 0 Å². The summed E-state index contributed by atoms with van der Waals surface area (Å²) < 4.78 is 2.07. The molecule has 188 valence electrons. The summed E-state index contributed by atoms with van der Waals surface area (Å²) in [7, 11) is 0. The van der Waals surface area contributed by atoms with Crippen molar-refractivity contribution < 1.29 is 4.79 Å². The molecule has 1 N–H and O–H groups in total. The smallest absolute Gasteiger partial charge is 0.227 e. The van der Waals surface area contributed by atoms with Crippen LogP contribution in [-0.4, -0.2) is 26.4 Å². The van der Waals surface area contributed by atoms with Gasteiger partial charge < -0.3 is 5.32 Å². The van der Waals surface area contributed by atoms with Gasteiger partial charge in [0.1, 0.15) is 16.9 Å². The van der Waals surface area contributed by atoms with Gasteiger partial charge in [-0.1, -0.05) is 36.7 Å². The molecule has 1 aliphatic carbocycles. The number of thiophene rings is 1. The number of carbonyl (C=O) groups is 1. The molecule has 1 amide bonds. The Balaban J connectivity index is 1.39. The summed E-state index contributed by atoms with van der Waals surface area (Å²) in [6.45, 7) is 8.45. The lowest BCUT2D eigenvalue weighted by atomic mass is 9.99. The van der Waals surface area contributed by atoms with Gasteiger partial charge in [-0.3, -0.25) is 14.4 Å². The Morgan fingerprint density at radius 2 is 1.84 bits per heavy atom. The molecule has 0 fully saturated rings. The van der Waals surface area contributed by atoms with Gasteiger partial charge in [0.15, 0.2) is 5.82 Å². The normalized spacial score (nSPS) is 18.0. The van der Waals surface area contributed by atoms with Gasteiger partial charge in [-0.05, 0) is 80.5 Å². The van der Waals surface area contributed by atoms with E-state index >= 15 is 0 Å². The first-order valence-electron chi connectivity index (χ1n) is 12.6. The summed E-state index contributed by atoms with van der Waals surface area (Å²) in [4.78, 5) is 19.7. The molecule has 2 aliphatic rings. The van der Waals surface area contributed by atoms with E-state index in [1.165, 1.54) is 21.6 Å². The Morgan fingerprint density at radius 1 is 1.08 bits per heavy atom. The lowest BCUT2D eigenvalue weighted by Crippen LogP contribution is -2.17. The van der Waals surface area contributed by atoms with Crippen molar-refractivity contribution in [1.29, 1.82) is 0 Å². The Hall–Kier alpha value is -3.29. The summed E-state index contributed by atoms with van der Waals surface area (Å²) in [5.74, 6) is 2.02. The van der Waals surface area contributed by atoms with Crippen LogP contribution in [0.5, 0.6) is 0 Å². The van der Waals surface area contributed by atoms with Crippen LogP contribution in [0.4, 0.5) is 5.69 Å². The van der Waals surface area contributed by atoms with Crippen molar-refractivity contribution >= 4 is 40.2 Å². The standard InChI is InChI=1S/C29H28ClN5OS/c1-15-11-20-7-10-23(13-21(20)12-15)31-25(36)14-24-28-34-33-18(4)35(28)29-26(16(2)17(3)37-29)27(32-24)19-5-8-22(30)9-6-19/h5-10,13,15,24H,11-12,14H2,1-4H3,(H,31,36)/t15-,24+/m1/s1. The molecule has 2 aromatic heterocycles. The number of hydrogen-bond donors (Lipinski definition) is 1. The minimum atomic E-state index is -0.486. The lowest BCUT2D eigenvalue weighted by Gasteiger charge is -2.13. The predicted octanol–water partition coefficient (Wildman–Crippen LogP) is 6.56. The molecule has 0 saturated heterocycles. The first kappa shape index (κ1) is 24.1. The van der Waals surface area contributed by atoms with Gasteiger partial charge in [0.25, 0.3) is 0 Å². The van der Waals surface area contributed by atoms with E-state index < -0.39 is 6.04 Å². The molecular formula is C29H28ClN5OS. The molecule has 8 heteroatoms. The van der Waals surface area contributed by atoms with Gasteiger partial charge in [0.2, 0.25) is 5.91 Å². The van der Waals surface area contributed by atoms with E-state index in [2.05, 4.69) is 53.0 Å². The Morgan fingerprint density at radius 3 is 2.62 bits per heavy atom. The maximum atomic E-state index is 13.3. The molecule has 2 aromatic carbocycles. The summed E-state index contributed by atoms with van der Waals surface area (Å²) >= 11 is 7.90. The van der Waals surface area contributed by atoms with Crippen LogP contribution < -0.4 is 5.32 Å². The minimum Gasteiger partial charge on any atom is -0.326 e. The van der Waals surface area contributed by atoms with Crippen molar-refractivity contribution in [2.24, 2.45) is 10.9 Å². The first-order chi connectivity index (χ1) is 17.8. The van der Waals surface area contributed by atoms with Crippen LogP contribution in [0.25, 0.3) is 5.00 Å². The van der Waals surface area contributed by atoms with E-state index in [1.807, 2.05) is 37.3 Å². The van der Waals surface area contributed by atoms with Crippen molar-refractivity contribution in [1.82, 2.24) is 14.8 Å². The van der Waals surface area contributed by atoms with Gasteiger partial charge in [-0.15, -0.1) is 21.5 Å². The van der Waals surface area contributed by atoms with E-state index in [4.69, 9.17) is 16.6 Å². The summed E-state index contributed by atoms with van der Waals surface area (Å²) in [6, 6.07) is 13.5. The van der Waals surface area contributed by atoms with E-state index in [1.54, 1.807) is 11.3 Å². The third-order valence-electron chi connectivity index (χ3n) is 7.36. The van der Waals surface area contributed by atoms with Crippen LogP contribution in [0.1, 0.15) is 63.7 Å². The fourth-order valence-electron chi connectivity index (χ4n) is 5.44. The van der Waals surface area contributed by atoms with Crippen LogP contribution in [0.2, 0.25) is 5.02 Å². The first-order valence-corrected chi connectivity index (χ1v) is 13.8. The van der Waals surface area contributed by atoms with Gasteiger partial charge in [0, 0.05) is 26.7 Å². The number of anilines is 1. The second-order valence-electron chi connectivity index (χ2n) is 10.2. The number of rotatable bonds is 4. The number of nitrogens with one attached hydrogen (secondary N) is 1. The number of carbonyl (C=O) groups excluding carboxylic acids is 1. The second kappa shape index (κ2) is 9.23. The fourth-order valence-corrected chi connectivity index (χ4v) is 6.78. The maximum absolute atomic E-state index is 13.3. The van der Waals surface area contributed by atoms with Gasteiger partial charge in [-0.2, -0.15) is 0 Å². The molecule has 2 atom stereocenters.